The molecule has 0 aromatic rings. The van der Waals surface area contributed by atoms with Crippen LogP contribution < -0.4 is 5.32 Å². The number of hydrogen-bond acceptors (Lipinski definition) is 6. The molecular weight excluding hydrogens is 362 g/mol. The molecule has 7 nitrogen and oxygen atoms in total. The quantitative estimate of drug-likeness (QED) is 0.105. The molecule has 0 rings (SSSR count). The van der Waals surface area contributed by atoms with Gasteiger partial charge < -0.3 is 24.3 Å². The summed E-state index contributed by atoms with van der Waals surface area (Å²) >= 11 is 0. The van der Waals surface area contributed by atoms with Crippen LogP contribution in [0.15, 0.2) is 36.6 Å². The third-order valence-corrected chi connectivity index (χ3v) is 3.55. The molecule has 0 radical (unpaired) electrons. The summed E-state index contributed by atoms with van der Waals surface area (Å²) in [5, 5.41) is 2.55. The molecule has 0 aliphatic heterocycles. The molecule has 0 aromatic carbocycles. The number of alkyl carbamates (subject to hydrolysis) is 1. The van der Waals surface area contributed by atoms with E-state index in [0.29, 0.717) is 17.8 Å². The zero-order chi connectivity index (χ0) is 21.4. The van der Waals surface area contributed by atoms with Crippen molar-refractivity contribution in [3.8, 4) is 0 Å². The van der Waals surface area contributed by atoms with Crippen LogP contribution >= 0.6 is 0 Å². The van der Waals surface area contributed by atoms with Crippen LogP contribution in [0.4, 0.5) is 4.79 Å². The van der Waals surface area contributed by atoms with Crippen molar-refractivity contribution < 1.29 is 28.5 Å². The Morgan fingerprint density at radius 2 is 1.71 bits per heavy atom. The fourth-order valence-corrected chi connectivity index (χ4v) is 2.09. The maximum Gasteiger partial charge on any atom is 0.407 e. The summed E-state index contributed by atoms with van der Waals surface area (Å²) in [6, 6.07) is 0. The van der Waals surface area contributed by atoms with Crippen molar-refractivity contribution in [2.75, 3.05) is 26.6 Å². The predicted molar refractivity (Wildman–Crippen MR) is 109 cm³/mol. The second-order valence-electron chi connectivity index (χ2n) is 6.76. The third-order valence-electron chi connectivity index (χ3n) is 3.55. The lowest BCUT2D eigenvalue weighted by molar-refractivity contribution is -0.138. The molecule has 160 valence electrons. The summed E-state index contributed by atoms with van der Waals surface area (Å²) in [5.74, 6) is 0.0630. The molecule has 28 heavy (non-hydrogen) atoms. The first-order valence-corrected chi connectivity index (χ1v) is 9.50. The van der Waals surface area contributed by atoms with Gasteiger partial charge in [0.25, 0.3) is 0 Å². The van der Waals surface area contributed by atoms with E-state index >= 15 is 0 Å². The van der Waals surface area contributed by atoms with Crippen LogP contribution in [0, 0.1) is 0 Å². The van der Waals surface area contributed by atoms with E-state index in [1.54, 1.807) is 13.8 Å². The highest BCUT2D eigenvalue weighted by atomic mass is 16.7. The van der Waals surface area contributed by atoms with Gasteiger partial charge in [0.1, 0.15) is 12.7 Å². The van der Waals surface area contributed by atoms with E-state index in [2.05, 4.69) is 25.1 Å². The standard InChI is InChI=1S/C21H35NO6/c1-16(2)10-8-7-9-11-19(14-25-15-27-18(5)6)28-21(24)22-12-13-26-20(23)17(3)4/h19H,1,3,5,7-15H2,2,4,6H3,(H,22,24). The Morgan fingerprint density at radius 3 is 2.32 bits per heavy atom. The largest absolute Gasteiger partial charge is 0.473 e. The van der Waals surface area contributed by atoms with Crippen molar-refractivity contribution in [2.24, 2.45) is 0 Å². The maximum absolute atomic E-state index is 11.9. The van der Waals surface area contributed by atoms with E-state index < -0.39 is 18.2 Å². The topological polar surface area (TPSA) is 83.1 Å². The van der Waals surface area contributed by atoms with Gasteiger partial charge in [-0.05, 0) is 46.5 Å². The highest BCUT2D eigenvalue weighted by molar-refractivity contribution is 5.86. The molecule has 0 bridgehead atoms. The average Bonchev–Trinajstić information content (AvgIpc) is 2.60. The van der Waals surface area contributed by atoms with E-state index in [1.807, 2.05) is 6.92 Å². The number of carbonyl (C=O) groups is 2. The minimum atomic E-state index is -0.581. The Bertz CT molecular complexity index is 529. The summed E-state index contributed by atoms with van der Waals surface area (Å²) in [6.07, 6.45) is 3.69. The summed E-state index contributed by atoms with van der Waals surface area (Å²) < 4.78 is 20.9. The van der Waals surface area contributed by atoms with Gasteiger partial charge in [-0.3, -0.25) is 0 Å². The molecule has 0 heterocycles. The number of unbranched alkanes of at least 4 members (excludes halogenated alkanes) is 2. The van der Waals surface area contributed by atoms with Crippen LogP contribution in [0.25, 0.3) is 0 Å². The van der Waals surface area contributed by atoms with Gasteiger partial charge in [0.05, 0.1) is 18.9 Å². The van der Waals surface area contributed by atoms with Crippen LogP contribution in [-0.4, -0.2) is 44.7 Å². The lowest BCUT2D eigenvalue weighted by Crippen LogP contribution is -2.33. The van der Waals surface area contributed by atoms with Crippen LogP contribution in [0.5, 0.6) is 0 Å². The fourth-order valence-electron chi connectivity index (χ4n) is 2.09. The molecule has 1 atom stereocenters. The van der Waals surface area contributed by atoms with Crippen LogP contribution in [0.1, 0.15) is 52.9 Å². The van der Waals surface area contributed by atoms with Crippen molar-refractivity contribution in [2.45, 2.75) is 59.0 Å². The lowest BCUT2D eigenvalue weighted by atomic mass is 10.1. The zero-order valence-corrected chi connectivity index (χ0v) is 17.5. The molecule has 7 heteroatoms. The van der Waals surface area contributed by atoms with Gasteiger partial charge in [0.15, 0.2) is 6.79 Å². The van der Waals surface area contributed by atoms with E-state index in [1.165, 1.54) is 5.57 Å². The third kappa shape index (κ3) is 15.9. The van der Waals surface area contributed by atoms with Gasteiger partial charge in [-0.15, -0.1) is 6.58 Å². The van der Waals surface area contributed by atoms with Gasteiger partial charge in [0.2, 0.25) is 0 Å². The van der Waals surface area contributed by atoms with Crippen LogP contribution in [0.2, 0.25) is 0 Å². The molecule has 0 saturated heterocycles. The first kappa shape index (κ1) is 25.7. The zero-order valence-electron chi connectivity index (χ0n) is 17.5. The number of nitrogens with one attached hydrogen (secondary N) is 1. The molecule has 0 aliphatic rings. The van der Waals surface area contributed by atoms with Crippen molar-refractivity contribution in [1.29, 1.82) is 0 Å². The molecule has 0 aliphatic carbocycles. The Morgan fingerprint density at radius 1 is 1.00 bits per heavy atom. The van der Waals surface area contributed by atoms with E-state index in [9.17, 15) is 9.59 Å². The smallest absolute Gasteiger partial charge is 0.407 e. The molecule has 1 amide bonds. The lowest BCUT2D eigenvalue weighted by Gasteiger charge is -2.18. The van der Waals surface area contributed by atoms with Crippen LogP contribution in [-0.2, 0) is 23.7 Å². The number of carbonyl (C=O) groups excluding carboxylic acids is 2. The van der Waals surface area contributed by atoms with E-state index in [0.717, 1.165) is 25.7 Å². The van der Waals surface area contributed by atoms with Crippen molar-refractivity contribution in [3.05, 3.63) is 36.6 Å². The first-order valence-electron chi connectivity index (χ1n) is 9.50. The normalized spacial score (nSPS) is 11.2. The van der Waals surface area contributed by atoms with Gasteiger partial charge in [-0.25, -0.2) is 9.59 Å². The number of ether oxygens (including phenoxy) is 4. The van der Waals surface area contributed by atoms with Crippen LogP contribution in [0.3, 0.4) is 0 Å². The number of amides is 1. The number of hydrogen-bond donors (Lipinski definition) is 1. The highest BCUT2D eigenvalue weighted by Crippen LogP contribution is 2.12. The van der Waals surface area contributed by atoms with Crippen molar-refractivity contribution in [1.82, 2.24) is 5.32 Å². The Hall–Kier alpha value is -2.28. The molecule has 1 unspecified atom stereocenters. The predicted octanol–water partition coefficient (Wildman–Crippen LogP) is 4.25. The summed E-state index contributed by atoms with van der Waals surface area (Å²) in [5.41, 5.74) is 1.48. The van der Waals surface area contributed by atoms with Gasteiger partial charge in [-0.2, -0.15) is 0 Å². The van der Waals surface area contributed by atoms with Crippen molar-refractivity contribution in [3.63, 3.8) is 0 Å². The minimum Gasteiger partial charge on any atom is -0.473 e. The van der Waals surface area contributed by atoms with E-state index in [-0.39, 0.29) is 26.6 Å². The first-order chi connectivity index (χ1) is 13.2. The Kier molecular flexibility index (Phi) is 14.5. The van der Waals surface area contributed by atoms with Crippen molar-refractivity contribution >= 4 is 12.1 Å². The fraction of sp³-hybridized carbons (Fsp3) is 0.619. The molecule has 1 N–H and O–H groups in total. The molecule has 0 fully saturated rings. The second kappa shape index (κ2) is 15.7. The molecule has 0 spiro atoms. The number of allylic oxidation sites excluding steroid dienone is 2. The molecule has 0 saturated carbocycles. The van der Waals surface area contributed by atoms with Gasteiger partial charge in [0, 0.05) is 5.57 Å². The average molecular weight is 398 g/mol. The summed E-state index contributed by atoms with van der Waals surface area (Å²) in [7, 11) is 0. The number of esters is 1. The van der Waals surface area contributed by atoms with Gasteiger partial charge in [-0.1, -0.05) is 25.2 Å². The Balaban J connectivity index is 4.21. The highest BCUT2D eigenvalue weighted by Gasteiger charge is 2.15. The summed E-state index contributed by atoms with van der Waals surface area (Å²) in [4.78, 5) is 23.2. The SMILES string of the molecule is C=C(C)CCCCCC(COCOC(=C)C)OC(=O)NCCOC(=O)C(=C)C. The second-order valence-corrected chi connectivity index (χ2v) is 6.76. The molecule has 0 aromatic heterocycles. The monoisotopic (exact) mass is 397 g/mol. The van der Waals surface area contributed by atoms with Gasteiger partial charge >= 0.3 is 12.1 Å². The Labute approximate surface area is 168 Å². The minimum absolute atomic E-state index is 0.0509. The number of rotatable bonds is 16. The van der Waals surface area contributed by atoms with E-state index in [4.69, 9.17) is 18.9 Å². The maximum atomic E-state index is 11.9. The summed E-state index contributed by atoms with van der Waals surface area (Å²) in [6.45, 7) is 16.8. The molecular formula is C21H35NO6.